The number of carbonyl (C=O) groups excluding carboxylic acids is 1. The van der Waals surface area contributed by atoms with Crippen LogP contribution in [0.5, 0.6) is 0 Å². The van der Waals surface area contributed by atoms with E-state index in [1.807, 2.05) is 0 Å². The molecule has 2 aromatic heterocycles. The van der Waals surface area contributed by atoms with E-state index in [1.165, 1.54) is 24.2 Å². The van der Waals surface area contributed by atoms with E-state index in [1.54, 1.807) is 17.6 Å². The minimum atomic E-state index is -1.04. The third kappa shape index (κ3) is 2.87. The molecule has 1 amide bonds. The SMILES string of the molecule is Cc1nnc2n1CC(C(=O)O)N(C(=O)c1cc(C3CCCCC3)[nH]n1)C2. The van der Waals surface area contributed by atoms with Crippen LogP contribution >= 0.6 is 0 Å². The van der Waals surface area contributed by atoms with E-state index in [9.17, 15) is 14.7 Å². The van der Waals surface area contributed by atoms with Crippen LogP contribution in [0.25, 0.3) is 0 Å². The molecule has 138 valence electrons. The van der Waals surface area contributed by atoms with Crippen LogP contribution in [0.1, 0.15) is 65.9 Å². The molecule has 0 saturated heterocycles. The number of carbonyl (C=O) groups is 2. The van der Waals surface area contributed by atoms with Crippen molar-refractivity contribution in [1.29, 1.82) is 0 Å². The zero-order chi connectivity index (χ0) is 18.3. The first-order chi connectivity index (χ1) is 12.5. The van der Waals surface area contributed by atoms with Gasteiger partial charge >= 0.3 is 5.97 Å². The second-order valence-electron chi connectivity index (χ2n) is 7.10. The number of carboxylic acid groups (broad SMARTS) is 1. The Morgan fingerprint density at radius 3 is 2.73 bits per heavy atom. The summed E-state index contributed by atoms with van der Waals surface area (Å²) in [4.78, 5) is 26.0. The van der Waals surface area contributed by atoms with Gasteiger partial charge in [-0.25, -0.2) is 4.79 Å². The van der Waals surface area contributed by atoms with Crippen molar-refractivity contribution in [2.24, 2.45) is 0 Å². The van der Waals surface area contributed by atoms with Gasteiger partial charge in [-0.1, -0.05) is 19.3 Å². The molecule has 0 spiro atoms. The van der Waals surface area contributed by atoms with Gasteiger partial charge in [0.15, 0.2) is 5.82 Å². The van der Waals surface area contributed by atoms with Crippen LogP contribution < -0.4 is 0 Å². The maximum atomic E-state index is 12.9. The van der Waals surface area contributed by atoms with E-state index < -0.39 is 12.0 Å². The van der Waals surface area contributed by atoms with Crippen molar-refractivity contribution in [3.05, 3.63) is 29.1 Å². The standard InChI is InChI=1S/C17H22N6O3/c1-10-18-21-15-9-23(14(17(25)26)8-22(10)15)16(24)13-7-12(19-20-13)11-5-3-2-4-6-11/h7,11,14H,2-6,8-9H2,1H3,(H,19,20)(H,25,26). The number of aliphatic carboxylic acids is 1. The lowest BCUT2D eigenvalue weighted by atomic mass is 9.87. The first-order valence-electron chi connectivity index (χ1n) is 9.02. The lowest BCUT2D eigenvalue weighted by Gasteiger charge is -2.32. The molecule has 0 radical (unpaired) electrons. The third-order valence-corrected chi connectivity index (χ3v) is 5.46. The van der Waals surface area contributed by atoms with Crippen molar-refractivity contribution in [3.8, 4) is 0 Å². The number of fused-ring (bicyclic) bond motifs is 1. The highest BCUT2D eigenvalue weighted by atomic mass is 16.4. The first kappa shape index (κ1) is 16.7. The Morgan fingerprint density at radius 1 is 1.23 bits per heavy atom. The smallest absolute Gasteiger partial charge is 0.328 e. The zero-order valence-corrected chi connectivity index (χ0v) is 14.7. The molecular weight excluding hydrogens is 336 g/mol. The van der Waals surface area contributed by atoms with Gasteiger partial charge in [-0.15, -0.1) is 10.2 Å². The van der Waals surface area contributed by atoms with Crippen LogP contribution in [-0.2, 0) is 17.9 Å². The molecule has 1 fully saturated rings. The maximum absolute atomic E-state index is 12.9. The predicted molar refractivity (Wildman–Crippen MR) is 90.5 cm³/mol. The van der Waals surface area contributed by atoms with Crippen molar-refractivity contribution in [2.75, 3.05) is 0 Å². The fourth-order valence-electron chi connectivity index (χ4n) is 3.95. The highest BCUT2D eigenvalue weighted by molar-refractivity contribution is 5.95. The van der Waals surface area contributed by atoms with Gasteiger partial charge in [-0.3, -0.25) is 9.89 Å². The maximum Gasteiger partial charge on any atom is 0.328 e. The second kappa shape index (κ2) is 6.54. The van der Waals surface area contributed by atoms with Crippen LogP contribution in [0.4, 0.5) is 0 Å². The number of carboxylic acids is 1. The number of H-pyrrole nitrogens is 1. The Balaban J connectivity index is 1.58. The largest absolute Gasteiger partial charge is 0.480 e. The summed E-state index contributed by atoms with van der Waals surface area (Å²) in [5, 5.41) is 24.8. The summed E-state index contributed by atoms with van der Waals surface area (Å²) >= 11 is 0. The molecule has 2 N–H and O–H groups in total. The van der Waals surface area contributed by atoms with Crippen molar-refractivity contribution in [2.45, 2.75) is 64.1 Å². The van der Waals surface area contributed by atoms with E-state index in [-0.39, 0.29) is 24.7 Å². The van der Waals surface area contributed by atoms with Crippen LogP contribution in [0, 0.1) is 6.92 Å². The molecule has 1 aliphatic carbocycles. The molecule has 2 aromatic rings. The Morgan fingerprint density at radius 2 is 2.00 bits per heavy atom. The number of rotatable bonds is 3. The molecule has 4 rings (SSSR count). The average Bonchev–Trinajstić information content (AvgIpc) is 3.28. The molecule has 1 atom stereocenters. The number of nitrogens with one attached hydrogen (secondary N) is 1. The number of hydrogen-bond acceptors (Lipinski definition) is 5. The third-order valence-electron chi connectivity index (χ3n) is 5.46. The van der Waals surface area contributed by atoms with Gasteiger partial charge in [0.25, 0.3) is 5.91 Å². The lowest BCUT2D eigenvalue weighted by Crippen LogP contribution is -2.50. The van der Waals surface area contributed by atoms with Gasteiger partial charge in [0.1, 0.15) is 17.6 Å². The molecule has 0 bridgehead atoms. The van der Waals surface area contributed by atoms with Crippen LogP contribution in [0.3, 0.4) is 0 Å². The number of amides is 1. The lowest BCUT2D eigenvalue weighted by molar-refractivity contribution is -0.143. The van der Waals surface area contributed by atoms with Crippen LogP contribution in [0.15, 0.2) is 6.07 Å². The van der Waals surface area contributed by atoms with Gasteiger partial charge in [0.2, 0.25) is 0 Å². The molecule has 0 aromatic carbocycles. The Hall–Kier alpha value is -2.71. The summed E-state index contributed by atoms with van der Waals surface area (Å²) < 4.78 is 1.75. The van der Waals surface area contributed by atoms with Crippen molar-refractivity contribution in [3.63, 3.8) is 0 Å². The second-order valence-corrected chi connectivity index (χ2v) is 7.10. The first-order valence-corrected chi connectivity index (χ1v) is 9.02. The minimum Gasteiger partial charge on any atom is -0.480 e. The number of nitrogens with zero attached hydrogens (tertiary/aromatic N) is 5. The van der Waals surface area contributed by atoms with Gasteiger partial charge in [-0.05, 0) is 25.8 Å². The summed E-state index contributed by atoms with van der Waals surface area (Å²) in [7, 11) is 0. The van der Waals surface area contributed by atoms with Crippen molar-refractivity contribution < 1.29 is 14.7 Å². The molecule has 1 aliphatic heterocycles. The number of aryl methyl sites for hydroxylation is 1. The van der Waals surface area contributed by atoms with E-state index in [4.69, 9.17) is 0 Å². The molecule has 26 heavy (non-hydrogen) atoms. The highest BCUT2D eigenvalue weighted by Gasteiger charge is 2.37. The summed E-state index contributed by atoms with van der Waals surface area (Å²) in [5.41, 5.74) is 1.23. The summed E-state index contributed by atoms with van der Waals surface area (Å²) in [6, 6.07) is 0.821. The fourth-order valence-corrected chi connectivity index (χ4v) is 3.95. The Bertz CT molecular complexity index is 835. The van der Waals surface area contributed by atoms with Crippen molar-refractivity contribution in [1.82, 2.24) is 29.9 Å². The fraction of sp³-hybridized carbons (Fsp3) is 0.588. The van der Waals surface area contributed by atoms with Crippen LogP contribution in [-0.4, -0.2) is 52.9 Å². The topological polar surface area (TPSA) is 117 Å². The number of hydrogen-bond donors (Lipinski definition) is 2. The average molecular weight is 358 g/mol. The normalized spacial score (nSPS) is 20.8. The summed E-state index contributed by atoms with van der Waals surface area (Å²) in [6.45, 7) is 2.04. The van der Waals surface area contributed by atoms with Gasteiger partial charge < -0.3 is 14.6 Å². The Labute approximate surface area is 150 Å². The zero-order valence-electron chi connectivity index (χ0n) is 14.7. The van der Waals surface area contributed by atoms with E-state index in [0.717, 1.165) is 18.5 Å². The quantitative estimate of drug-likeness (QED) is 0.858. The monoisotopic (exact) mass is 358 g/mol. The van der Waals surface area contributed by atoms with E-state index in [2.05, 4.69) is 20.4 Å². The summed E-state index contributed by atoms with van der Waals surface area (Å²) in [5.74, 6) is 0.219. The molecule has 1 unspecified atom stereocenters. The van der Waals surface area contributed by atoms with Crippen molar-refractivity contribution >= 4 is 11.9 Å². The Kier molecular flexibility index (Phi) is 4.21. The van der Waals surface area contributed by atoms with E-state index in [0.29, 0.717) is 17.6 Å². The summed E-state index contributed by atoms with van der Waals surface area (Å²) in [6.07, 6.45) is 5.83. The van der Waals surface area contributed by atoms with E-state index >= 15 is 0 Å². The molecule has 3 heterocycles. The highest BCUT2D eigenvalue weighted by Crippen LogP contribution is 2.32. The molecule has 2 aliphatic rings. The molecule has 9 heteroatoms. The van der Waals surface area contributed by atoms with Gasteiger partial charge in [0.05, 0.1) is 13.1 Å². The van der Waals surface area contributed by atoms with Crippen LogP contribution in [0.2, 0.25) is 0 Å². The predicted octanol–water partition coefficient (Wildman–Crippen LogP) is 1.47. The molecule has 9 nitrogen and oxygen atoms in total. The number of aromatic nitrogens is 5. The number of aromatic amines is 1. The van der Waals surface area contributed by atoms with Gasteiger partial charge in [-0.2, -0.15) is 5.10 Å². The minimum absolute atomic E-state index is 0.113. The van der Waals surface area contributed by atoms with Gasteiger partial charge in [0, 0.05) is 11.6 Å². The molecular formula is C17H22N6O3. The molecule has 1 saturated carbocycles.